The van der Waals surface area contributed by atoms with Crippen LogP contribution in [0.4, 0.5) is 0 Å². The fraction of sp³-hybridized carbons (Fsp3) is 0.182. The molecule has 0 aromatic heterocycles. The Bertz CT molecular complexity index is 854. The standard InChI is InChI=1S/C22H20/c1-15-12-13-18-20(14-15)22(2,3)19-11-7-10-17(21(18)19)16-8-5-4-6-9-16/h4-14H,1-3H3. The van der Waals surface area contributed by atoms with Gasteiger partial charge in [-0.15, -0.1) is 0 Å². The Morgan fingerprint density at radius 3 is 2.23 bits per heavy atom. The highest BCUT2D eigenvalue weighted by Gasteiger charge is 2.36. The van der Waals surface area contributed by atoms with E-state index in [1.807, 2.05) is 0 Å². The lowest BCUT2D eigenvalue weighted by atomic mass is 9.81. The van der Waals surface area contributed by atoms with Gasteiger partial charge in [0.1, 0.15) is 0 Å². The molecule has 3 aromatic rings. The van der Waals surface area contributed by atoms with Crippen LogP contribution in [0.15, 0.2) is 66.7 Å². The van der Waals surface area contributed by atoms with Crippen molar-refractivity contribution in [1.29, 1.82) is 0 Å². The SMILES string of the molecule is Cc1ccc2c(c1)C(C)(C)c1cccc(-c3ccccc3)c1-2. The number of fused-ring (bicyclic) bond motifs is 3. The van der Waals surface area contributed by atoms with Crippen molar-refractivity contribution in [2.75, 3.05) is 0 Å². The average molecular weight is 284 g/mol. The molecule has 0 atom stereocenters. The first-order valence-corrected chi connectivity index (χ1v) is 7.89. The normalized spacial score (nSPS) is 14.5. The molecule has 0 fully saturated rings. The molecule has 0 heteroatoms. The summed E-state index contributed by atoms with van der Waals surface area (Å²) in [6, 6.07) is 24.3. The Hall–Kier alpha value is -2.34. The second kappa shape index (κ2) is 4.58. The molecule has 0 aliphatic heterocycles. The molecular formula is C22H20. The number of rotatable bonds is 1. The Morgan fingerprint density at radius 1 is 0.682 bits per heavy atom. The van der Waals surface area contributed by atoms with Gasteiger partial charge in [0.15, 0.2) is 0 Å². The molecule has 0 nitrogen and oxygen atoms in total. The monoisotopic (exact) mass is 284 g/mol. The third kappa shape index (κ3) is 1.77. The van der Waals surface area contributed by atoms with Gasteiger partial charge >= 0.3 is 0 Å². The maximum Gasteiger partial charge on any atom is 0.0159 e. The van der Waals surface area contributed by atoms with E-state index in [0.29, 0.717) is 0 Å². The summed E-state index contributed by atoms with van der Waals surface area (Å²) in [4.78, 5) is 0. The molecule has 3 aromatic carbocycles. The van der Waals surface area contributed by atoms with Crippen LogP contribution in [-0.2, 0) is 5.41 Å². The molecule has 4 rings (SSSR count). The first-order valence-electron chi connectivity index (χ1n) is 7.89. The van der Waals surface area contributed by atoms with Gasteiger partial charge in [0.05, 0.1) is 0 Å². The number of aryl methyl sites for hydroxylation is 1. The predicted molar refractivity (Wildman–Crippen MR) is 94.2 cm³/mol. The van der Waals surface area contributed by atoms with E-state index in [1.54, 1.807) is 0 Å². The van der Waals surface area contributed by atoms with Crippen LogP contribution in [0.25, 0.3) is 22.3 Å². The molecular weight excluding hydrogens is 264 g/mol. The predicted octanol–water partition coefficient (Wildman–Crippen LogP) is 5.97. The van der Waals surface area contributed by atoms with Gasteiger partial charge in [0.25, 0.3) is 0 Å². The van der Waals surface area contributed by atoms with Crippen molar-refractivity contribution in [3.8, 4) is 22.3 Å². The second-order valence-electron chi connectivity index (χ2n) is 6.77. The molecule has 22 heavy (non-hydrogen) atoms. The van der Waals surface area contributed by atoms with E-state index in [9.17, 15) is 0 Å². The Balaban J connectivity index is 2.07. The third-order valence-electron chi connectivity index (χ3n) is 4.94. The molecule has 1 aliphatic rings. The molecule has 0 amide bonds. The summed E-state index contributed by atoms with van der Waals surface area (Å²) >= 11 is 0. The van der Waals surface area contributed by atoms with Gasteiger partial charge < -0.3 is 0 Å². The molecule has 0 saturated carbocycles. The van der Waals surface area contributed by atoms with Gasteiger partial charge in [-0.2, -0.15) is 0 Å². The van der Waals surface area contributed by atoms with Crippen LogP contribution >= 0.6 is 0 Å². The zero-order chi connectivity index (χ0) is 15.3. The largest absolute Gasteiger partial charge is 0.0622 e. The molecule has 0 radical (unpaired) electrons. The van der Waals surface area contributed by atoms with Crippen molar-refractivity contribution in [3.63, 3.8) is 0 Å². The van der Waals surface area contributed by atoms with Crippen LogP contribution in [0.3, 0.4) is 0 Å². The topological polar surface area (TPSA) is 0 Å². The van der Waals surface area contributed by atoms with Gasteiger partial charge in [-0.25, -0.2) is 0 Å². The maximum atomic E-state index is 2.35. The number of benzene rings is 3. The van der Waals surface area contributed by atoms with Crippen LogP contribution in [-0.4, -0.2) is 0 Å². The highest BCUT2D eigenvalue weighted by atomic mass is 14.4. The summed E-state index contributed by atoms with van der Waals surface area (Å²) in [5.41, 5.74) is 9.74. The van der Waals surface area contributed by atoms with Gasteiger partial charge in [-0.3, -0.25) is 0 Å². The average Bonchev–Trinajstić information content (AvgIpc) is 2.76. The molecule has 0 saturated heterocycles. The van der Waals surface area contributed by atoms with E-state index in [4.69, 9.17) is 0 Å². The minimum Gasteiger partial charge on any atom is -0.0622 e. The molecule has 1 aliphatic carbocycles. The lowest BCUT2D eigenvalue weighted by Crippen LogP contribution is -2.15. The summed E-state index contributed by atoms with van der Waals surface area (Å²) in [7, 11) is 0. The third-order valence-corrected chi connectivity index (χ3v) is 4.94. The molecule has 0 heterocycles. The van der Waals surface area contributed by atoms with Crippen molar-refractivity contribution in [2.45, 2.75) is 26.2 Å². The van der Waals surface area contributed by atoms with Gasteiger partial charge in [-0.05, 0) is 40.3 Å². The quantitative estimate of drug-likeness (QED) is 0.516. The van der Waals surface area contributed by atoms with Crippen LogP contribution < -0.4 is 0 Å². The molecule has 0 spiro atoms. The zero-order valence-corrected chi connectivity index (χ0v) is 13.4. The van der Waals surface area contributed by atoms with E-state index in [2.05, 4.69) is 87.5 Å². The maximum absolute atomic E-state index is 2.35. The van der Waals surface area contributed by atoms with E-state index < -0.39 is 0 Å². The summed E-state index contributed by atoms with van der Waals surface area (Å²) in [5, 5.41) is 0. The van der Waals surface area contributed by atoms with Crippen molar-refractivity contribution in [2.24, 2.45) is 0 Å². The first-order chi connectivity index (χ1) is 10.6. The lowest BCUT2D eigenvalue weighted by molar-refractivity contribution is 0.660. The smallest absolute Gasteiger partial charge is 0.0159 e. The minimum absolute atomic E-state index is 0.0709. The highest BCUT2D eigenvalue weighted by Crippen LogP contribution is 2.52. The van der Waals surface area contributed by atoms with Gasteiger partial charge in [0.2, 0.25) is 0 Å². The lowest BCUT2D eigenvalue weighted by Gasteiger charge is -2.22. The van der Waals surface area contributed by atoms with E-state index in [-0.39, 0.29) is 5.41 Å². The highest BCUT2D eigenvalue weighted by molar-refractivity contribution is 5.92. The van der Waals surface area contributed by atoms with E-state index >= 15 is 0 Å². The van der Waals surface area contributed by atoms with Crippen molar-refractivity contribution < 1.29 is 0 Å². The number of hydrogen-bond donors (Lipinski definition) is 0. The van der Waals surface area contributed by atoms with Crippen molar-refractivity contribution in [3.05, 3.63) is 83.4 Å². The zero-order valence-electron chi connectivity index (χ0n) is 13.4. The van der Waals surface area contributed by atoms with Gasteiger partial charge in [-0.1, -0.05) is 86.1 Å². The Labute approximate surface area is 132 Å². The van der Waals surface area contributed by atoms with Crippen molar-refractivity contribution >= 4 is 0 Å². The van der Waals surface area contributed by atoms with Crippen LogP contribution in [0.5, 0.6) is 0 Å². The fourth-order valence-electron chi connectivity index (χ4n) is 3.76. The van der Waals surface area contributed by atoms with E-state index in [0.717, 1.165) is 0 Å². The molecule has 0 unspecified atom stereocenters. The summed E-state index contributed by atoms with van der Waals surface area (Å²) < 4.78 is 0. The fourth-order valence-corrected chi connectivity index (χ4v) is 3.76. The molecule has 108 valence electrons. The van der Waals surface area contributed by atoms with Crippen LogP contribution in [0, 0.1) is 6.92 Å². The Kier molecular flexibility index (Phi) is 2.77. The number of hydrogen-bond acceptors (Lipinski definition) is 0. The van der Waals surface area contributed by atoms with Gasteiger partial charge in [0, 0.05) is 5.41 Å². The minimum atomic E-state index is 0.0709. The Morgan fingerprint density at radius 2 is 1.45 bits per heavy atom. The van der Waals surface area contributed by atoms with Crippen molar-refractivity contribution in [1.82, 2.24) is 0 Å². The summed E-state index contributed by atoms with van der Waals surface area (Å²) in [6.45, 7) is 6.86. The second-order valence-corrected chi connectivity index (χ2v) is 6.77. The van der Waals surface area contributed by atoms with Crippen LogP contribution in [0.1, 0.15) is 30.5 Å². The molecule has 0 bridgehead atoms. The molecule has 0 N–H and O–H groups in total. The summed E-state index contributed by atoms with van der Waals surface area (Å²) in [6.07, 6.45) is 0. The van der Waals surface area contributed by atoms with E-state index in [1.165, 1.54) is 38.9 Å². The van der Waals surface area contributed by atoms with Crippen LogP contribution in [0.2, 0.25) is 0 Å². The summed E-state index contributed by atoms with van der Waals surface area (Å²) in [5.74, 6) is 0. The first kappa shape index (κ1) is 13.3.